The summed E-state index contributed by atoms with van der Waals surface area (Å²) in [7, 11) is -4.00. The highest BCUT2D eigenvalue weighted by Gasteiger charge is 2.38. The molecule has 3 aromatic carbocycles. The van der Waals surface area contributed by atoms with E-state index in [1.54, 1.807) is 0 Å². The molecule has 4 rings (SSSR count). The van der Waals surface area contributed by atoms with E-state index in [1.165, 1.54) is 48.5 Å². The van der Waals surface area contributed by atoms with Crippen molar-refractivity contribution in [1.29, 1.82) is 0 Å². The number of halogens is 5. The topological polar surface area (TPSA) is 78.0 Å². The third-order valence-electron chi connectivity index (χ3n) is 4.81. The van der Waals surface area contributed by atoms with E-state index in [2.05, 4.69) is 5.10 Å². The van der Waals surface area contributed by atoms with Crippen LogP contribution < -0.4 is 5.14 Å². The van der Waals surface area contributed by atoms with E-state index in [0.717, 1.165) is 28.9 Å². The summed E-state index contributed by atoms with van der Waals surface area (Å²) in [5.41, 5.74) is -0.119. The first-order valence-corrected chi connectivity index (χ1v) is 11.2. The van der Waals surface area contributed by atoms with Crippen LogP contribution >= 0.6 is 11.6 Å². The summed E-state index contributed by atoms with van der Waals surface area (Å²) < 4.78 is 80.3. The minimum absolute atomic E-state index is 0.101. The van der Waals surface area contributed by atoms with Crippen molar-refractivity contribution in [2.75, 3.05) is 0 Å². The molecule has 0 saturated heterocycles. The van der Waals surface area contributed by atoms with Crippen LogP contribution in [0, 0.1) is 11.6 Å². The summed E-state index contributed by atoms with van der Waals surface area (Å²) in [6.07, 6.45) is 0. The van der Waals surface area contributed by atoms with Gasteiger partial charge in [-0.2, -0.15) is 13.9 Å². The fraction of sp³-hybridized carbons (Fsp3) is 0.0455. The van der Waals surface area contributed by atoms with Crippen LogP contribution in [0.25, 0.3) is 28.1 Å². The highest BCUT2D eigenvalue weighted by Crippen LogP contribution is 2.44. The summed E-state index contributed by atoms with van der Waals surface area (Å²) >= 11 is 5.38. The maximum atomic E-state index is 14.4. The fourth-order valence-corrected chi connectivity index (χ4v) is 3.99. The predicted octanol–water partition coefficient (Wildman–Crippen LogP) is 5.42. The van der Waals surface area contributed by atoms with Gasteiger partial charge in [0.05, 0.1) is 16.3 Å². The number of aromatic nitrogens is 2. The van der Waals surface area contributed by atoms with E-state index in [1.807, 2.05) is 0 Å². The first-order valence-electron chi connectivity index (χ1n) is 9.30. The maximum absolute atomic E-state index is 14.4. The maximum Gasteiger partial charge on any atom is 0.367 e. The van der Waals surface area contributed by atoms with Crippen LogP contribution in [-0.2, 0) is 15.4 Å². The molecule has 1 heterocycles. The Morgan fingerprint density at radius 3 is 1.79 bits per heavy atom. The van der Waals surface area contributed by atoms with E-state index in [0.29, 0.717) is 0 Å². The number of rotatable bonds is 5. The second-order valence-corrected chi connectivity index (χ2v) is 9.07. The molecule has 0 radical (unpaired) electrons. The largest absolute Gasteiger partial charge is 0.367 e. The molecule has 0 aliphatic heterocycles. The van der Waals surface area contributed by atoms with Crippen molar-refractivity contribution < 1.29 is 26.0 Å². The lowest BCUT2D eigenvalue weighted by atomic mass is 9.98. The van der Waals surface area contributed by atoms with Gasteiger partial charge in [-0.15, -0.1) is 0 Å². The van der Waals surface area contributed by atoms with Crippen LogP contribution in [0.2, 0.25) is 0 Å². The van der Waals surface area contributed by atoms with E-state index >= 15 is 0 Å². The zero-order chi connectivity index (χ0) is 24.0. The first kappa shape index (κ1) is 23.0. The highest BCUT2D eigenvalue weighted by atomic mass is 35.5. The molecule has 0 fully saturated rings. The Morgan fingerprint density at radius 2 is 1.30 bits per heavy atom. The third-order valence-corrected chi connectivity index (χ3v) is 5.92. The number of benzene rings is 3. The van der Waals surface area contributed by atoms with Gasteiger partial charge in [-0.3, -0.25) is 0 Å². The average Bonchev–Trinajstić information content (AvgIpc) is 3.15. The van der Waals surface area contributed by atoms with Gasteiger partial charge in [0.2, 0.25) is 10.0 Å². The number of primary sulfonamides is 1. The van der Waals surface area contributed by atoms with Crippen molar-refractivity contribution in [2.24, 2.45) is 5.14 Å². The van der Waals surface area contributed by atoms with Crippen LogP contribution in [-0.4, -0.2) is 18.2 Å². The molecule has 0 amide bonds. The molecule has 0 unspecified atom stereocenters. The van der Waals surface area contributed by atoms with Crippen LogP contribution in [0.5, 0.6) is 0 Å². The predicted molar refractivity (Wildman–Crippen MR) is 115 cm³/mol. The molecule has 33 heavy (non-hydrogen) atoms. The molecule has 5 nitrogen and oxygen atoms in total. The second kappa shape index (κ2) is 8.29. The summed E-state index contributed by atoms with van der Waals surface area (Å²) in [6.45, 7) is 0. The molecular weight excluding hydrogens is 482 g/mol. The zero-order valence-electron chi connectivity index (χ0n) is 16.5. The van der Waals surface area contributed by atoms with Gasteiger partial charge in [0, 0.05) is 11.1 Å². The van der Waals surface area contributed by atoms with Crippen LogP contribution in [0.4, 0.5) is 17.6 Å². The number of sulfonamides is 1. The molecule has 0 bridgehead atoms. The lowest BCUT2D eigenvalue weighted by Gasteiger charge is -2.12. The molecule has 0 aliphatic carbocycles. The number of alkyl halides is 3. The van der Waals surface area contributed by atoms with Crippen molar-refractivity contribution >= 4 is 21.6 Å². The van der Waals surface area contributed by atoms with Gasteiger partial charge in [-0.05, 0) is 65.7 Å². The Kier molecular flexibility index (Phi) is 5.77. The van der Waals surface area contributed by atoms with Gasteiger partial charge in [0.15, 0.2) is 5.69 Å². The van der Waals surface area contributed by atoms with Gasteiger partial charge >= 0.3 is 5.38 Å². The van der Waals surface area contributed by atoms with E-state index in [9.17, 15) is 26.0 Å². The summed E-state index contributed by atoms with van der Waals surface area (Å²) in [5, 5.41) is 5.23. The quantitative estimate of drug-likeness (QED) is 0.296. The van der Waals surface area contributed by atoms with E-state index < -0.39 is 32.7 Å². The Morgan fingerprint density at radius 1 is 0.818 bits per heavy atom. The third kappa shape index (κ3) is 4.63. The molecule has 0 saturated carbocycles. The molecule has 11 heteroatoms. The average molecular weight is 496 g/mol. The molecule has 170 valence electrons. The van der Waals surface area contributed by atoms with Crippen molar-refractivity contribution in [3.63, 3.8) is 0 Å². The van der Waals surface area contributed by atoms with Crippen LogP contribution in [0.1, 0.15) is 5.69 Å². The molecular formula is C22H14ClF4N3O2S. The Balaban J connectivity index is 2.07. The van der Waals surface area contributed by atoms with Crippen molar-refractivity contribution in [1.82, 2.24) is 9.78 Å². The molecule has 0 aliphatic rings. The van der Waals surface area contributed by atoms with E-state index in [-0.39, 0.29) is 33.0 Å². The molecule has 0 atom stereocenters. The standard InChI is InChI=1S/C22H14ClF4N3O2S/c23-22(26,27)21-19(13-1-5-15(24)6-2-13)20(14-3-11-18(12-4-14)33(28,31)32)30(29-21)17-9-7-16(25)8-10-17/h1-12H,(H2,28,31,32). The summed E-state index contributed by atoms with van der Waals surface area (Å²) in [6, 6.07) is 14.8. The summed E-state index contributed by atoms with van der Waals surface area (Å²) in [4.78, 5) is -0.190. The van der Waals surface area contributed by atoms with Gasteiger partial charge in [0.1, 0.15) is 11.6 Å². The van der Waals surface area contributed by atoms with Crippen molar-refractivity contribution in [3.05, 3.63) is 90.1 Å². The highest BCUT2D eigenvalue weighted by molar-refractivity contribution is 7.89. The minimum atomic E-state index is -4.00. The number of nitrogens with zero attached hydrogens (tertiary/aromatic N) is 2. The molecule has 0 spiro atoms. The summed E-state index contributed by atoms with van der Waals surface area (Å²) in [5.74, 6) is -1.13. The van der Waals surface area contributed by atoms with Gasteiger partial charge in [-0.1, -0.05) is 24.3 Å². The molecule has 4 aromatic rings. The van der Waals surface area contributed by atoms with E-state index in [4.69, 9.17) is 16.7 Å². The van der Waals surface area contributed by atoms with Gasteiger partial charge < -0.3 is 0 Å². The van der Waals surface area contributed by atoms with Gasteiger partial charge in [-0.25, -0.2) is 27.0 Å². The lowest BCUT2D eigenvalue weighted by molar-refractivity contribution is 0.0901. The Hall–Kier alpha value is -3.21. The molecule has 1 aromatic heterocycles. The number of hydrogen-bond acceptors (Lipinski definition) is 3. The van der Waals surface area contributed by atoms with Crippen molar-refractivity contribution in [3.8, 4) is 28.1 Å². The smallest absolute Gasteiger partial charge is 0.232 e. The zero-order valence-corrected chi connectivity index (χ0v) is 18.1. The lowest BCUT2D eigenvalue weighted by Crippen LogP contribution is -2.11. The normalized spacial score (nSPS) is 12.2. The Labute approximate surface area is 191 Å². The monoisotopic (exact) mass is 495 g/mol. The fourth-order valence-electron chi connectivity index (χ4n) is 3.34. The van der Waals surface area contributed by atoms with Gasteiger partial charge in [0.25, 0.3) is 0 Å². The molecule has 2 N–H and O–H groups in total. The number of nitrogens with two attached hydrogens (primary N) is 1. The number of hydrogen-bond donors (Lipinski definition) is 1. The van der Waals surface area contributed by atoms with Crippen molar-refractivity contribution in [2.45, 2.75) is 10.3 Å². The minimum Gasteiger partial charge on any atom is -0.232 e. The Bertz CT molecular complexity index is 1410. The SMILES string of the molecule is NS(=O)(=O)c1ccc(-c2c(-c3ccc(F)cc3)c(C(F)(F)Cl)nn2-c2ccc(F)cc2)cc1. The second-order valence-electron chi connectivity index (χ2n) is 7.03. The van der Waals surface area contributed by atoms with Crippen LogP contribution in [0.15, 0.2) is 77.7 Å². The van der Waals surface area contributed by atoms with Crippen LogP contribution in [0.3, 0.4) is 0 Å². The first-order chi connectivity index (χ1) is 15.4.